The molecule has 0 fully saturated rings. The molecule has 0 spiro atoms. The van der Waals surface area contributed by atoms with Crippen LogP contribution in [-0.2, 0) is 12.8 Å². The molecule has 1 heterocycles. The third-order valence-electron chi connectivity index (χ3n) is 2.27. The standard InChI is InChI=1S/C12H10ClNO2/c13-10-4-1-9(2-5-10)3-6-12-7-11(8-15)14-16-12/h1-2,4-5,7-8H,3,6H2. The van der Waals surface area contributed by atoms with Crippen LogP contribution in [0.25, 0.3) is 0 Å². The van der Waals surface area contributed by atoms with Crippen LogP contribution in [0.4, 0.5) is 0 Å². The number of carbonyl (C=O) groups excluding carboxylic acids is 1. The van der Waals surface area contributed by atoms with E-state index in [2.05, 4.69) is 5.16 Å². The number of carbonyl (C=O) groups is 1. The molecule has 2 rings (SSSR count). The van der Waals surface area contributed by atoms with Crippen molar-refractivity contribution in [3.05, 3.63) is 52.4 Å². The monoisotopic (exact) mass is 235 g/mol. The second-order valence-electron chi connectivity index (χ2n) is 3.46. The van der Waals surface area contributed by atoms with Crippen LogP contribution < -0.4 is 0 Å². The average Bonchev–Trinajstić information content (AvgIpc) is 2.76. The zero-order chi connectivity index (χ0) is 11.4. The minimum absolute atomic E-state index is 0.339. The van der Waals surface area contributed by atoms with E-state index in [0.29, 0.717) is 12.0 Å². The summed E-state index contributed by atoms with van der Waals surface area (Å²) in [7, 11) is 0. The van der Waals surface area contributed by atoms with Gasteiger partial charge in [0.1, 0.15) is 11.5 Å². The predicted octanol–water partition coefficient (Wildman–Crippen LogP) is 2.93. The van der Waals surface area contributed by atoms with Gasteiger partial charge in [-0.15, -0.1) is 0 Å². The number of aromatic nitrogens is 1. The van der Waals surface area contributed by atoms with Crippen molar-refractivity contribution in [1.82, 2.24) is 5.16 Å². The Labute approximate surface area is 98.0 Å². The Hall–Kier alpha value is -1.61. The molecule has 0 aliphatic heterocycles. The Morgan fingerprint density at radius 3 is 2.62 bits per heavy atom. The van der Waals surface area contributed by atoms with E-state index < -0.39 is 0 Å². The molecule has 0 aliphatic carbocycles. The van der Waals surface area contributed by atoms with Gasteiger partial charge in [-0.2, -0.15) is 0 Å². The fourth-order valence-electron chi connectivity index (χ4n) is 1.42. The van der Waals surface area contributed by atoms with E-state index in [9.17, 15) is 4.79 Å². The second kappa shape index (κ2) is 4.94. The normalized spacial score (nSPS) is 10.3. The first-order chi connectivity index (χ1) is 7.78. The maximum atomic E-state index is 10.4. The summed E-state index contributed by atoms with van der Waals surface area (Å²) in [6.45, 7) is 0. The number of nitrogens with zero attached hydrogens (tertiary/aromatic N) is 1. The highest BCUT2D eigenvalue weighted by atomic mass is 35.5. The SMILES string of the molecule is O=Cc1cc(CCc2ccc(Cl)cc2)on1. The fraction of sp³-hybridized carbons (Fsp3) is 0.167. The minimum atomic E-state index is 0.339. The van der Waals surface area contributed by atoms with Gasteiger partial charge in [-0.3, -0.25) is 4.79 Å². The first-order valence-electron chi connectivity index (χ1n) is 4.93. The van der Waals surface area contributed by atoms with Crippen molar-refractivity contribution < 1.29 is 9.32 Å². The van der Waals surface area contributed by atoms with Crippen LogP contribution in [-0.4, -0.2) is 11.4 Å². The number of aldehydes is 1. The lowest BCUT2D eigenvalue weighted by atomic mass is 10.1. The molecule has 0 radical (unpaired) electrons. The van der Waals surface area contributed by atoms with Crippen molar-refractivity contribution in [2.75, 3.05) is 0 Å². The summed E-state index contributed by atoms with van der Waals surface area (Å²) in [4.78, 5) is 10.4. The first kappa shape index (κ1) is 10.9. The summed E-state index contributed by atoms with van der Waals surface area (Å²) in [5, 5.41) is 4.33. The van der Waals surface area contributed by atoms with Crippen LogP contribution >= 0.6 is 11.6 Å². The minimum Gasteiger partial charge on any atom is -0.361 e. The van der Waals surface area contributed by atoms with E-state index in [1.807, 2.05) is 24.3 Å². The molecule has 0 N–H and O–H groups in total. The van der Waals surface area contributed by atoms with Crippen LogP contribution in [0, 0.1) is 0 Å². The third-order valence-corrected chi connectivity index (χ3v) is 2.52. The van der Waals surface area contributed by atoms with Crippen molar-refractivity contribution >= 4 is 17.9 Å². The molecule has 0 saturated heterocycles. The first-order valence-corrected chi connectivity index (χ1v) is 5.31. The quantitative estimate of drug-likeness (QED) is 0.766. The van der Waals surface area contributed by atoms with Gasteiger partial charge in [-0.05, 0) is 24.1 Å². The number of hydrogen-bond acceptors (Lipinski definition) is 3. The van der Waals surface area contributed by atoms with E-state index in [1.54, 1.807) is 6.07 Å². The Bertz CT molecular complexity index is 476. The summed E-state index contributed by atoms with van der Waals surface area (Å²) in [6.07, 6.45) is 2.24. The van der Waals surface area contributed by atoms with Crippen molar-refractivity contribution in [3.8, 4) is 0 Å². The van der Waals surface area contributed by atoms with Gasteiger partial charge >= 0.3 is 0 Å². The second-order valence-corrected chi connectivity index (χ2v) is 3.90. The van der Waals surface area contributed by atoms with Gasteiger partial charge in [0.05, 0.1) is 0 Å². The summed E-state index contributed by atoms with van der Waals surface area (Å²) in [5.41, 5.74) is 1.51. The molecule has 4 heteroatoms. The van der Waals surface area contributed by atoms with E-state index in [4.69, 9.17) is 16.1 Å². The lowest BCUT2D eigenvalue weighted by Gasteiger charge is -1.98. The molecule has 16 heavy (non-hydrogen) atoms. The van der Waals surface area contributed by atoms with Crippen LogP contribution in [0.5, 0.6) is 0 Å². The Morgan fingerprint density at radius 2 is 2.00 bits per heavy atom. The summed E-state index contributed by atoms with van der Waals surface area (Å²) in [5.74, 6) is 0.719. The maximum absolute atomic E-state index is 10.4. The molecule has 0 unspecified atom stereocenters. The molecular weight excluding hydrogens is 226 g/mol. The zero-order valence-corrected chi connectivity index (χ0v) is 9.28. The molecular formula is C12H10ClNO2. The lowest BCUT2D eigenvalue weighted by molar-refractivity contribution is 0.111. The van der Waals surface area contributed by atoms with E-state index in [-0.39, 0.29) is 0 Å². The van der Waals surface area contributed by atoms with Gasteiger partial charge in [-0.25, -0.2) is 0 Å². The molecule has 3 nitrogen and oxygen atoms in total. The highest BCUT2D eigenvalue weighted by Crippen LogP contribution is 2.12. The van der Waals surface area contributed by atoms with Crippen molar-refractivity contribution in [1.29, 1.82) is 0 Å². The van der Waals surface area contributed by atoms with E-state index >= 15 is 0 Å². The summed E-state index contributed by atoms with van der Waals surface area (Å²) < 4.78 is 4.99. The number of halogens is 1. The summed E-state index contributed by atoms with van der Waals surface area (Å²) in [6, 6.07) is 9.31. The topological polar surface area (TPSA) is 43.1 Å². The average molecular weight is 236 g/mol. The molecule has 82 valence electrons. The van der Waals surface area contributed by atoms with Gasteiger partial charge < -0.3 is 4.52 Å². The van der Waals surface area contributed by atoms with E-state index in [0.717, 1.165) is 23.6 Å². The molecule has 0 saturated carbocycles. The number of hydrogen-bond donors (Lipinski definition) is 0. The van der Waals surface area contributed by atoms with Gasteiger partial charge in [0, 0.05) is 17.5 Å². The van der Waals surface area contributed by atoms with Gasteiger partial charge in [0.2, 0.25) is 0 Å². The lowest BCUT2D eigenvalue weighted by Crippen LogP contribution is -1.89. The zero-order valence-electron chi connectivity index (χ0n) is 8.52. The van der Waals surface area contributed by atoms with Gasteiger partial charge in [0.15, 0.2) is 6.29 Å². The van der Waals surface area contributed by atoms with Gasteiger partial charge in [-0.1, -0.05) is 28.9 Å². The number of rotatable bonds is 4. The molecule has 1 aromatic heterocycles. The van der Waals surface area contributed by atoms with Crippen molar-refractivity contribution in [3.63, 3.8) is 0 Å². The molecule has 0 atom stereocenters. The number of aryl methyl sites for hydroxylation is 2. The summed E-state index contributed by atoms with van der Waals surface area (Å²) >= 11 is 5.78. The Balaban J connectivity index is 1.96. The van der Waals surface area contributed by atoms with Gasteiger partial charge in [0.25, 0.3) is 0 Å². The van der Waals surface area contributed by atoms with Crippen LogP contribution in [0.3, 0.4) is 0 Å². The molecule has 1 aromatic carbocycles. The molecule has 0 amide bonds. The van der Waals surface area contributed by atoms with Crippen LogP contribution in [0.2, 0.25) is 5.02 Å². The highest BCUT2D eigenvalue weighted by molar-refractivity contribution is 6.30. The maximum Gasteiger partial charge on any atom is 0.171 e. The largest absolute Gasteiger partial charge is 0.361 e. The molecule has 0 aliphatic rings. The smallest absolute Gasteiger partial charge is 0.171 e. The van der Waals surface area contributed by atoms with Crippen molar-refractivity contribution in [2.45, 2.75) is 12.8 Å². The van der Waals surface area contributed by atoms with Crippen LogP contribution in [0.1, 0.15) is 21.8 Å². The Kier molecular flexibility index (Phi) is 3.37. The fourth-order valence-corrected chi connectivity index (χ4v) is 1.55. The highest BCUT2D eigenvalue weighted by Gasteiger charge is 2.03. The molecule has 2 aromatic rings. The third kappa shape index (κ3) is 2.70. The number of benzene rings is 1. The molecule has 0 bridgehead atoms. The van der Waals surface area contributed by atoms with E-state index in [1.165, 1.54) is 5.56 Å². The Morgan fingerprint density at radius 1 is 1.25 bits per heavy atom. The van der Waals surface area contributed by atoms with Crippen molar-refractivity contribution in [2.24, 2.45) is 0 Å². The van der Waals surface area contributed by atoms with Crippen LogP contribution in [0.15, 0.2) is 34.9 Å². The predicted molar refractivity (Wildman–Crippen MR) is 60.8 cm³/mol.